The Morgan fingerprint density at radius 2 is 2.15 bits per heavy atom. The third kappa shape index (κ3) is 4.23. The van der Waals surface area contributed by atoms with Gasteiger partial charge in [0.25, 0.3) is 0 Å². The Morgan fingerprint density at radius 1 is 1.40 bits per heavy atom. The van der Waals surface area contributed by atoms with E-state index in [0.717, 1.165) is 24.3 Å². The Labute approximate surface area is 120 Å². The van der Waals surface area contributed by atoms with Crippen LogP contribution in [0.4, 0.5) is 5.69 Å². The zero-order valence-electron chi connectivity index (χ0n) is 12.3. The molecule has 1 aromatic rings. The Kier molecular flexibility index (Phi) is 5.41. The van der Waals surface area contributed by atoms with Crippen molar-refractivity contribution in [1.29, 1.82) is 0 Å². The van der Waals surface area contributed by atoms with E-state index >= 15 is 0 Å². The van der Waals surface area contributed by atoms with E-state index in [1.807, 2.05) is 38.2 Å². The third-order valence-electron chi connectivity index (χ3n) is 3.66. The van der Waals surface area contributed by atoms with Gasteiger partial charge in [-0.05, 0) is 44.9 Å². The fourth-order valence-corrected chi connectivity index (χ4v) is 2.51. The number of rotatable bonds is 6. The minimum absolute atomic E-state index is 0.0253. The topological polar surface area (TPSA) is 50.4 Å². The first kappa shape index (κ1) is 14.9. The lowest BCUT2D eigenvalue weighted by Gasteiger charge is -2.15. The van der Waals surface area contributed by atoms with Crippen LogP contribution >= 0.6 is 0 Å². The van der Waals surface area contributed by atoms with Crippen LogP contribution in [-0.4, -0.2) is 25.6 Å². The molecule has 20 heavy (non-hydrogen) atoms. The zero-order chi connectivity index (χ0) is 14.4. The molecule has 0 bridgehead atoms. The zero-order valence-corrected chi connectivity index (χ0v) is 12.3. The van der Waals surface area contributed by atoms with Crippen molar-refractivity contribution in [1.82, 2.24) is 5.32 Å². The van der Waals surface area contributed by atoms with Gasteiger partial charge in [-0.2, -0.15) is 0 Å². The molecular weight excluding hydrogens is 252 g/mol. The number of ether oxygens (including phenoxy) is 1. The molecule has 0 aliphatic heterocycles. The van der Waals surface area contributed by atoms with Crippen molar-refractivity contribution in [3.63, 3.8) is 0 Å². The van der Waals surface area contributed by atoms with Crippen molar-refractivity contribution in [2.45, 2.75) is 38.7 Å². The predicted molar refractivity (Wildman–Crippen MR) is 81.0 cm³/mol. The number of benzene rings is 1. The molecule has 2 N–H and O–H groups in total. The molecule has 1 amide bonds. The van der Waals surface area contributed by atoms with Gasteiger partial charge in [-0.15, -0.1) is 0 Å². The van der Waals surface area contributed by atoms with Crippen LogP contribution in [0.15, 0.2) is 24.3 Å². The highest BCUT2D eigenvalue weighted by Crippen LogP contribution is 2.25. The Balaban J connectivity index is 1.93. The second-order valence-corrected chi connectivity index (χ2v) is 5.50. The van der Waals surface area contributed by atoms with Crippen LogP contribution in [0.25, 0.3) is 0 Å². The van der Waals surface area contributed by atoms with Crippen molar-refractivity contribution < 1.29 is 9.53 Å². The molecule has 1 saturated carbocycles. The largest absolute Gasteiger partial charge is 0.490 e. The summed E-state index contributed by atoms with van der Waals surface area (Å²) in [5.74, 6) is 0.813. The monoisotopic (exact) mass is 276 g/mol. The maximum absolute atomic E-state index is 12.0. The van der Waals surface area contributed by atoms with Gasteiger partial charge in [0, 0.05) is 24.2 Å². The van der Waals surface area contributed by atoms with Crippen LogP contribution in [0.1, 0.15) is 32.6 Å². The molecule has 110 valence electrons. The van der Waals surface area contributed by atoms with Crippen LogP contribution in [-0.2, 0) is 4.79 Å². The van der Waals surface area contributed by atoms with Gasteiger partial charge < -0.3 is 15.4 Å². The maximum Gasteiger partial charge on any atom is 0.228 e. The van der Waals surface area contributed by atoms with Crippen LogP contribution < -0.4 is 15.4 Å². The number of anilines is 1. The lowest BCUT2D eigenvalue weighted by atomic mass is 10.1. The van der Waals surface area contributed by atoms with E-state index < -0.39 is 0 Å². The smallest absolute Gasteiger partial charge is 0.228 e. The number of hydrogen-bond donors (Lipinski definition) is 2. The van der Waals surface area contributed by atoms with Gasteiger partial charge in [0.05, 0.1) is 6.10 Å². The standard InChI is InChI=1S/C16H24N2O2/c1-12(11-17-2)16(19)18-13-6-5-9-15(10-13)20-14-7-3-4-8-14/h5-6,9-10,12,14,17H,3-4,7-8,11H2,1-2H3,(H,18,19). The fraction of sp³-hybridized carbons (Fsp3) is 0.562. The molecule has 4 nitrogen and oxygen atoms in total. The van der Waals surface area contributed by atoms with Gasteiger partial charge in [0.1, 0.15) is 5.75 Å². The van der Waals surface area contributed by atoms with Crippen molar-refractivity contribution in [3.05, 3.63) is 24.3 Å². The first-order valence-electron chi connectivity index (χ1n) is 7.41. The molecule has 1 fully saturated rings. The molecule has 4 heteroatoms. The third-order valence-corrected chi connectivity index (χ3v) is 3.66. The van der Waals surface area contributed by atoms with Gasteiger partial charge in [-0.25, -0.2) is 0 Å². The number of carbonyl (C=O) groups is 1. The summed E-state index contributed by atoms with van der Waals surface area (Å²) in [6.07, 6.45) is 5.11. The summed E-state index contributed by atoms with van der Waals surface area (Å²) in [5.41, 5.74) is 0.799. The van der Waals surface area contributed by atoms with E-state index in [4.69, 9.17) is 4.74 Å². The molecule has 0 spiro atoms. The SMILES string of the molecule is CNCC(C)C(=O)Nc1cccc(OC2CCCC2)c1. The Hall–Kier alpha value is -1.55. The lowest BCUT2D eigenvalue weighted by molar-refractivity contribution is -0.119. The van der Waals surface area contributed by atoms with Crippen LogP contribution in [0.3, 0.4) is 0 Å². The van der Waals surface area contributed by atoms with Crippen LogP contribution in [0.2, 0.25) is 0 Å². The lowest BCUT2D eigenvalue weighted by Crippen LogP contribution is -2.28. The summed E-state index contributed by atoms with van der Waals surface area (Å²) in [6, 6.07) is 7.67. The highest BCUT2D eigenvalue weighted by atomic mass is 16.5. The van der Waals surface area contributed by atoms with Crippen molar-refractivity contribution in [2.24, 2.45) is 5.92 Å². The Morgan fingerprint density at radius 3 is 2.85 bits per heavy atom. The van der Waals surface area contributed by atoms with Crippen LogP contribution in [0.5, 0.6) is 5.75 Å². The summed E-state index contributed by atoms with van der Waals surface area (Å²) in [4.78, 5) is 12.0. The van der Waals surface area contributed by atoms with Crippen molar-refractivity contribution in [3.8, 4) is 5.75 Å². The summed E-state index contributed by atoms with van der Waals surface area (Å²) in [5, 5.41) is 5.94. The van der Waals surface area contributed by atoms with Gasteiger partial charge in [0.15, 0.2) is 0 Å². The average molecular weight is 276 g/mol. The predicted octanol–water partition coefficient (Wildman–Crippen LogP) is 2.80. The van der Waals surface area contributed by atoms with Crippen LogP contribution in [0, 0.1) is 5.92 Å². The second kappa shape index (κ2) is 7.29. The molecule has 0 aromatic heterocycles. The maximum atomic E-state index is 12.0. The number of nitrogens with one attached hydrogen (secondary N) is 2. The summed E-state index contributed by atoms with van der Waals surface area (Å²) in [6.45, 7) is 2.58. The molecule has 0 radical (unpaired) electrons. The van der Waals surface area contributed by atoms with Crippen molar-refractivity contribution in [2.75, 3.05) is 18.9 Å². The molecule has 1 aromatic carbocycles. The first-order valence-corrected chi connectivity index (χ1v) is 7.41. The summed E-state index contributed by atoms with van der Waals surface area (Å²) >= 11 is 0. The normalized spacial score (nSPS) is 16.9. The van der Waals surface area contributed by atoms with Gasteiger partial charge in [0.2, 0.25) is 5.91 Å². The number of amides is 1. The molecule has 0 heterocycles. The Bertz CT molecular complexity index is 442. The van der Waals surface area contributed by atoms with E-state index in [1.54, 1.807) is 0 Å². The highest BCUT2D eigenvalue weighted by Gasteiger charge is 2.17. The summed E-state index contributed by atoms with van der Waals surface area (Å²) in [7, 11) is 1.85. The number of carbonyl (C=O) groups excluding carboxylic acids is 1. The molecule has 1 atom stereocenters. The second-order valence-electron chi connectivity index (χ2n) is 5.50. The first-order chi connectivity index (χ1) is 9.69. The molecule has 2 rings (SSSR count). The van der Waals surface area contributed by atoms with E-state index in [0.29, 0.717) is 12.6 Å². The van der Waals surface area contributed by atoms with Gasteiger partial charge in [-0.1, -0.05) is 13.0 Å². The molecule has 1 aliphatic rings. The molecule has 1 aliphatic carbocycles. The molecule has 1 unspecified atom stereocenters. The number of hydrogen-bond acceptors (Lipinski definition) is 3. The highest BCUT2D eigenvalue weighted by molar-refractivity contribution is 5.92. The molecular formula is C16H24N2O2. The van der Waals surface area contributed by atoms with E-state index in [9.17, 15) is 4.79 Å². The fourth-order valence-electron chi connectivity index (χ4n) is 2.51. The molecule has 0 saturated heterocycles. The average Bonchev–Trinajstić information content (AvgIpc) is 2.92. The van der Waals surface area contributed by atoms with E-state index in [2.05, 4.69) is 10.6 Å². The van der Waals surface area contributed by atoms with E-state index in [1.165, 1.54) is 12.8 Å². The van der Waals surface area contributed by atoms with Gasteiger partial charge in [-0.3, -0.25) is 4.79 Å². The van der Waals surface area contributed by atoms with E-state index in [-0.39, 0.29) is 11.8 Å². The quantitative estimate of drug-likeness (QED) is 0.840. The summed E-state index contributed by atoms with van der Waals surface area (Å²) < 4.78 is 5.94. The van der Waals surface area contributed by atoms with Crippen molar-refractivity contribution >= 4 is 11.6 Å². The minimum atomic E-state index is -0.0561. The van der Waals surface area contributed by atoms with Gasteiger partial charge >= 0.3 is 0 Å². The minimum Gasteiger partial charge on any atom is -0.490 e.